The number of carbonyl (C=O) groups excluding carboxylic acids is 2. The Balaban J connectivity index is 1.61. The molecule has 0 aliphatic rings. The van der Waals surface area contributed by atoms with Gasteiger partial charge in [0, 0.05) is 11.9 Å². The highest BCUT2D eigenvalue weighted by atomic mass is 35.5. The third-order valence-electron chi connectivity index (χ3n) is 3.96. The molecule has 0 atom stereocenters. The minimum absolute atomic E-state index is 0.101. The van der Waals surface area contributed by atoms with Crippen LogP contribution in [-0.2, 0) is 17.8 Å². The van der Waals surface area contributed by atoms with Crippen molar-refractivity contribution in [2.45, 2.75) is 13.0 Å². The topological polar surface area (TPSA) is 71.1 Å². The molecule has 3 rings (SSSR count). The molecule has 1 heterocycles. The second kappa shape index (κ2) is 9.10. The van der Waals surface area contributed by atoms with Crippen molar-refractivity contribution in [1.82, 2.24) is 10.3 Å². The van der Waals surface area contributed by atoms with E-state index in [4.69, 9.17) is 11.6 Å². The van der Waals surface area contributed by atoms with Crippen LogP contribution in [0.1, 0.15) is 21.6 Å². The van der Waals surface area contributed by atoms with Crippen LogP contribution < -0.4 is 10.6 Å². The average molecular weight is 398 g/mol. The lowest BCUT2D eigenvalue weighted by molar-refractivity contribution is -0.115. The Morgan fingerprint density at radius 3 is 2.54 bits per heavy atom. The van der Waals surface area contributed by atoms with Gasteiger partial charge in [0.25, 0.3) is 5.91 Å². The van der Waals surface area contributed by atoms with E-state index in [-0.39, 0.29) is 35.4 Å². The summed E-state index contributed by atoms with van der Waals surface area (Å²) in [5, 5.41) is 5.59. The maximum Gasteiger partial charge on any atom is 0.253 e. The number of benzene rings is 2. The monoisotopic (exact) mass is 397 g/mol. The van der Waals surface area contributed by atoms with E-state index in [0.29, 0.717) is 11.3 Å². The first-order valence-corrected chi connectivity index (χ1v) is 8.91. The van der Waals surface area contributed by atoms with Crippen molar-refractivity contribution in [2.75, 3.05) is 5.32 Å². The van der Waals surface area contributed by atoms with Crippen LogP contribution in [0, 0.1) is 5.82 Å². The van der Waals surface area contributed by atoms with Crippen molar-refractivity contribution in [1.29, 1.82) is 0 Å². The highest BCUT2D eigenvalue weighted by Crippen LogP contribution is 2.21. The lowest BCUT2D eigenvalue weighted by Gasteiger charge is -2.10. The summed E-state index contributed by atoms with van der Waals surface area (Å²) in [6.07, 6.45) is 1.55. The Labute approximate surface area is 166 Å². The molecule has 5 nitrogen and oxygen atoms in total. The van der Waals surface area contributed by atoms with E-state index in [1.165, 1.54) is 18.2 Å². The van der Waals surface area contributed by atoms with Gasteiger partial charge in [0.2, 0.25) is 5.91 Å². The summed E-state index contributed by atoms with van der Waals surface area (Å²) in [7, 11) is 0. The summed E-state index contributed by atoms with van der Waals surface area (Å²) < 4.78 is 13.6. The van der Waals surface area contributed by atoms with Gasteiger partial charge < -0.3 is 10.6 Å². The maximum absolute atomic E-state index is 13.6. The van der Waals surface area contributed by atoms with Gasteiger partial charge in [-0.15, -0.1) is 0 Å². The molecule has 0 saturated carbocycles. The summed E-state index contributed by atoms with van der Waals surface area (Å²) in [6, 6.07) is 16.1. The molecule has 2 amide bonds. The van der Waals surface area contributed by atoms with E-state index in [2.05, 4.69) is 15.6 Å². The van der Waals surface area contributed by atoms with E-state index < -0.39 is 5.82 Å². The van der Waals surface area contributed by atoms with Crippen molar-refractivity contribution < 1.29 is 14.0 Å². The van der Waals surface area contributed by atoms with Gasteiger partial charge in [0.1, 0.15) is 5.82 Å². The molecule has 7 heteroatoms. The molecule has 28 heavy (non-hydrogen) atoms. The maximum atomic E-state index is 13.6. The third-order valence-corrected chi connectivity index (χ3v) is 4.28. The average Bonchev–Trinajstić information content (AvgIpc) is 2.69. The molecule has 0 fully saturated rings. The fourth-order valence-electron chi connectivity index (χ4n) is 2.57. The van der Waals surface area contributed by atoms with Crippen molar-refractivity contribution in [3.05, 3.63) is 94.5 Å². The first-order valence-electron chi connectivity index (χ1n) is 8.54. The smallest absolute Gasteiger partial charge is 0.253 e. The second-order valence-corrected chi connectivity index (χ2v) is 6.42. The van der Waals surface area contributed by atoms with Gasteiger partial charge in [-0.25, -0.2) is 4.39 Å². The van der Waals surface area contributed by atoms with Gasteiger partial charge in [-0.3, -0.25) is 14.6 Å². The Kier molecular flexibility index (Phi) is 6.34. The molecule has 2 aromatic carbocycles. The van der Waals surface area contributed by atoms with Crippen LogP contribution >= 0.6 is 11.6 Å². The molecule has 3 aromatic rings. The molecule has 0 spiro atoms. The van der Waals surface area contributed by atoms with Crippen LogP contribution in [0.5, 0.6) is 0 Å². The molecular weight excluding hydrogens is 381 g/mol. The van der Waals surface area contributed by atoms with Crippen LogP contribution in [0.4, 0.5) is 10.1 Å². The van der Waals surface area contributed by atoms with Gasteiger partial charge in [0.15, 0.2) is 0 Å². The number of nitrogens with one attached hydrogen (secondary N) is 2. The molecular formula is C21H17ClFN3O2. The number of rotatable bonds is 6. The number of anilines is 1. The zero-order chi connectivity index (χ0) is 19.9. The first kappa shape index (κ1) is 19.5. The van der Waals surface area contributed by atoms with Gasteiger partial charge in [-0.2, -0.15) is 0 Å². The predicted molar refractivity (Wildman–Crippen MR) is 106 cm³/mol. The predicted octanol–water partition coefficient (Wildman–Crippen LogP) is 3.99. The van der Waals surface area contributed by atoms with Crippen LogP contribution in [0.2, 0.25) is 5.02 Å². The number of amides is 2. The lowest BCUT2D eigenvalue weighted by Crippen LogP contribution is -2.23. The fourth-order valence-corrected chi connectivity index (χ4v) is 2.83. The number of aromatic nitrogens is 1. The number of hydrogen-bond acceptors (Lipinski definition) is 3. The summed E-state index contributed by atoms with van der Waals surface area (Å²) in [5.41, 5.74) is 1.73. The van der Waals surface area contributed by atoms with Crippen LogP contribution in [0.15, 0.2) is 66.9 Å². The Bertz CT molecular complexity index is 996. The van der Waals surface area contributed by atoms with Crippen molar-refractivity contribution in [3.63, 3.8) is 0 Å². The summed E-state index contributed by atoms with van der Waals surface area (Å²) >= 11 is 6.19. The molecule has 0 aliphatic carbocycles. The molecule has 142 valence electrons. The molecule has 0 aliphatic heterocycles. The van der Waals surface area contributed by atoms with Crippen LogP contribution in [-0.4, -0.2) is 16.8 Å². The molecule has 0 radical (unpaired) electrons. The van der Waals surface area contributed by atoms with Gasteiger partial charge in [-0.1, -0.05) is 35.9 Å². The summed E-state index contributed by atoms with van der Waals surface area (Å²) in [6.45, 7) is 0.275. The standard InChI is InChI=1S/C21H17ClFN3O2/c22-18-12-15(26-20(27)11-14-5-1-2-7-19(14)23)8-9-17(18)21(28)25-13-16-6-3-4-10-24-16/h1-10,12H,11,13H2,(H,25,28)(H,26,27). The number of nitrogens with zero attached hydrogens (tertiary/aromatic N) is 1. The normalized spacial score (nSPS) is 10.4. The number of hydrogen-bond donors (Lipinski definition) is 2. The first-order chi connectivity index (χ1) is 13.5. The van der Waals surface area contributed by atoms with Crippen LogP contribution in [0.25, 0.3) is 0 Å². The minimum atomic E-state index is -0.435. The van der Waals surface area contributed by atoms with Crippen molar-refractivity contribution >= 4 is 29.1 Å². The molecule has 0 bridgehead atoms. The van der Waals surface area contributed by atoms with Crippen molar-refractivity contribution in [2.24, 2.45) is 0 Å². The molecule has 1 aromatic heterocycles. The summed E-state index contributed by atoms with van der Waals surface area (Å²) in [5.74, 6) is -1.16. The third kappa shape index (κ3) is 5.14. The highest BCUT2D eigenvalue weighted by molar-refractivity contribution is 6.34. The largest absolute Gasteiger partial charge is 0.346 e. The Morgan fingerprint density at radius 2 is 1.82 bits per heavy atom. The zero-order valence-electron chi connectivity index (χ0n) is 14.8. The van der Waals surface area contributed by atoms with Gasteiger partial charge in [0.05, 0.1) is 29.2 Å². The van der Waals surface area contributed by atoms with Gasteiger partial charge in [-0.05, 0) is 42.0 Å². The SMILES string of the molecule is O=C(Cc1ccccc1F)Nc1ccc(C(=O)NCc2ccccn2)c(Cl)c1. The van der Waals surface area contributed by atoms with E-state index in [9.17, 15) is 14.0 Å². The van der Waals surface area contributed by atoms with Gasteiger partial charge >= 0.3 is 0 Å². The Hall–Kier alpha value is -3.25. The van der Waals surface area contributed by atoms with Crippen LogP contribution in [0.3, 0.4) is 0 Å². The molecule has 2 N–H and O–H groups in total. The van der Waals surface area contributed by atoms with E-state index in [1.54, 1.807) is 42.6 Å². The van der Waals surface area contributed by atoms with E-state index in [0.717, 1.165) is 5.69 Å². The van der Waals surface area contributed by atoms with E-state index >= 15 is 0 Å². The quantitative estimate of drug-likeness (QED) is 0.660. The Morgan fingerprint density at radius 1 is 1.04 bits per heavy atom. The summed E-state index contributed by atoms with van der Waals surface area (Å²) in [4.78, 5) is 28.5. The fraction of sp³-hybridized carbons (Fsp3) is 0.0952. The lowest BCUT2D eigenvalue weighted by atomic mass is 10.1. The molecule has 0 saturated heterocycles. The minimum Gasteiger partial charge on any atom is -0.346 e. The number of halogens is 2. The zero-order valence-corrected chi connectivity index (χ0v) is 15.5. The highest BCUT2D eigenvalue weighted by Gasteiger charge is 2.13. The second-order valence-electron chi connectivity index (χ2n) is 6.01. The number of carbonyl (C=O) groups is 2. The number of pyridine rings is 1. The van der Waals surface area contributed by atoms with E-state index in [1.807, 2.05) is 6.07 Å². The molecule has 0 unspecified atom stereocenters. The van der Waals surface area contributed by atoms with Crippen molar-refractivity contribution in [3.8, 4) is 0 Å².